The molecule has 1 heterocycles. The highest BCUT2D eigenvalue weighted by atomic mass is 35.5. The van der Waals surface area contributed by atoms with Gasteiger partial charge in [-0.15, -0.1) is 0 Å². The molecule has 0 bridgehead atoms. The number of benzene rings is 2. The third-order valence-corrected chi connectivity index (χ3v) is 4.96. The van der Waals surface area contributed by atoms with E-state index in [1.807, 2.05) is 29.2 Å². The van der Waals surface area contributed by atoms with Gasteiger partial charge in [0.15, 0.2) is 0 Å². The number of rotatable bonds is 4. The zero-order valence-corrected chi connectivity index (χ0v) is 15.8. The summed E-state index contributed by atoms with van der Waals surface area (Å²) in [7, 11) is 0. The lowest BCUT2D eigenvalue weighted by atomic mass is 10.2. The number of carbonyl (C=O) groups is 1. The number of hydrogen-bond donors (Lipinski definition) is 1. The standard InChI is InChI=1S/C18H18Cl3N3O/c19-13-2-1-3-15(10-13)23-6-8-24(9-7-23)18(25)12-22-17-11-14(20)4-5-16(17)21/h1-5,10-11,22H,6-9,12H2. The molecule has 1 aliphatic rings. The molecule has 2 aromatic rings. The molecule has 1 amide bonds. The van der Waals surface area contributed by atoms with Crippen molar-refractivity contribution < 1.29 is 4.79 Å². The van der Waals surface area contributed by atoms with Crippen molar-refractivity contribution in [1.82, 2.24) is 4.90 Å². The molecule has 25 heavy (non-hydrogen) atoms. The smallest absolute Gasteiger partial charge is 0.241 e. The van der Waals surface area contributed by atoms with E-state index in [1.54, 1.807) is 18.2 Å². The van der Waals surface area contributed by atoms with Gasteiger partial charge in [0.2, 0.25) is 5.91 Å². The van der Waals surface area contributed by atoms with E-state index in [4.69, 9.17) is 34.8 Å². The van der Waals surface area contributed by atoms with Gasteiger partial charge in [-0.05, 0) is 36.4 Å². The molecule has 0 aliphatic carbocycles. The minimum Gasteiger partial charge on any atom is -0.375 e. The van der Waals surface area contributed by atoms with E-state index < -0.39 is 0 Å². The Labute approximate surface area is 162 Å². The van der Waals surface area contributed by atoms with Gasteiger partial charge < -0.3 is 15.1 Å². The molecule has 0 unspecified atom stereocenters. The Morgan fingerprint density at radius 1 is 0.960 bits per heavy atom. The van der Waals surface area contributed by atoms with Crippen molar-refractivity contribution in [3.63, 3.8) is 0 Å². The summed E-state index contributed by atoms with van der Waals surface area (Å²) >= 11 is 18.1. The highest BCUT2D eigenvalue weighted by Crippen LogP contribution is 2.25. The lowest BCUT2D eigenvalue weighted by Gasteiger charge is -2.36. The van der Waals surface area contributed by atoms with E-state index in [9.17, 15) is 4.79 Å². The predicted octanol–water partition coefficient (Wildman–Crippen LogP) is 4.41. The van der Waals surface area contributed by atoms with Crippen molar-refractivity contribution in [2.45, 2.75) is 0 Å². The highest BCUT2D eigenvalue weighted by Gasteiger charge is 2.21. The van der Waals surface area contributed by atoms with Crippen LogP contribution in [0.25, 0.3) is 0 Å². The maximum atomic E-state index is 12.4. The van der Waals surface area contributed by atoms with E-state index >= 15 is 0 Å². The molecular formula is C18H18Cl3N3O. The van der Waals surface area contributed by atoms with Gasteiger partial charge in [-0.1, -0.05) is 40.9 Å². The average molecular weight is 399 g/mol. The summed E-state index contributed by atoms with van der Waals surface area (Å²) in [6, 6.07) is 12.9. The molecule has 7 heteroatoms. The molecule has 132 valence electrons. The van der Waals surface area contributed by atoms with Gasteiger partial charge in [0.1, 0.15) is 0 Å². The van der Waals surface area contributed by atoms with Crippen LogP contribution in [0.2, 0.25) is 15.1 Å². The predicted molar refractivity (Wildman–Crippen MR) is 105 cm³/mol. The maximum Gasteiger partial charge on any atom is 0.241 e. The quantitative estimate of drug-likeness (QED) is 0.829. The van der Waals surface area contributed by atoms with E-state index in [1.165, 1.54) is 0 Å². The van der Waals surface area contributed by atoms with Crippen molar-refractivity contribution in [3.8, 4) is 0 Å². The summed E-state index contributed by atoms with van der Waals surface area (Å²) < 4.78 is 0. The van der Waals surface area contributed by atoms with E-state index in [0.29, 0.717) is 28.8 Å². The van der Waals surface area contributed by atoms with Gasteiger partial charge in [0.25, 0.3) is 0 Å². The molecule has 1 fully saturated rings. The van der Waals surface area contributed by atoms with Crippen LogP contribution in [0.15, 0.2) is 42.5 Å². The SMILES string of the molecule is O=C(CNc1cc(Cl)ccc1Cl)N1CCN(c2cccc(Cl)c2)CC1. The third kappa shape index (κ3) is 4.72. The number of hydrogen-bond acceptors (Lipinski definition) is 3. The monoisotopic (exact) mass is 397 g/mol. The van der Waals surface area contributed by atoms with Gasteiger partial charge in [-0.2, -0.15) is 0 Å². The number of anilines is 2. The highest BCUT2D eigenvalue weighted by molar-refractivity contribution is 6.35. The topological polar surface area (TPSA) is 35.6 Å². The second-order valence-corrected chi connectivity index (χ2v) is 7.11. The first-order chi connectivity index (χ1) is 12.0. The first-order valence-corrected chi connectivity index (χ1v) is 9.13. The first-order valence-electron chi connectivity index (χ1n) is 8.00. The number of halogens is 3. The first kappa shape index (κ1) is 18.2. The molecule has 3 rings (SSSR count). The van der Waals surface area contributed by atoms with Crippen molar-refractivity contribution in [3.05, 3.63) is 57.5 Å². The van der Waals surface area contributed by atoms with Crippen molar-refractivity contribution in [2.75, 3.05) is 42.9 Å². The number of carbonyl (C=O) groups excluding carboxylic acids is 1. The molecule has 1 N–H and O–H groups in total. The Kier molecular flexibility index (Phi) is 5.94. The molecule has 0 atom stereocenters. The lowest BCUT2D eigenvalue weighted by Crippen LogP contribution is -2.50. The van der Waals surface area contributed by atoms with Gasteiger partial charge in [-0.3, -0.25) is 4.79 Å². The van der Waals surface area contributed by atoms with Crippen LogP contribution in [0.4, 0.5) is 11.4 Å². The van der Waals surface area contributed by atoms with Gasteiger partial charge in [0, 0.05) is 41.9 Å². The van der Waals surface area contributed by atoms with Gasteiger partial charge in [-0.25, -0.2) is 0 Å². The third-order valence-electron chi connectivity index (χ3n) is 4.16. The fourth-order valence-electron chi connectivity index (χ4n) is 2.80. The molecular weight excluding hydrogens is 381 g/mol. The summed E-state index contributed by atoms with van der Waals surface area (Å²) in [5.41, 5.74) is 1.75. The van der Waals surface area contributed by atoms with Crippen LogP contribution < -0.4 is 10.2 Å². The Balaban J connectivity index is 1.52. The Hall–Kier alpha value is -1.62. The lowest BCUT2D eigenvalue weighted by molar-refractivity contribution is -0.129. The molecule has 4 nitrogen and oxygen atoms in total. The molecule has 0 spiro atoms. The largest absolute Gasteiger partial charge is 0.375 e. The summed E-state index contributed by atoms with van der Waals surface area (Å²) in [6.45, 7) is 3.11. The Morgan fingerprint density at radius 3 is 2.40 bits per heavy atom. The normalized spacial score (nSPS) is 14.5. The number of piperazine rings is 1. The van der Waals surface area contributed by atoms with Crippen LogP contribution in [0.5, 0.6) is 0 Å². The molecule has 0 radical (unpaired) electrons. The van der Waals surface area contributed by atoms with E-state index in [-0.39, 0.29) is 12.5 Å². The Morgan fingerprint density at radius 2 is 1.68 bits per heavy atom. The van der Waals surface area contributed by atoms with Crippen LogP contribution >= 0.6 is 34.8 Å². The minimum atomic E-state index is 0.0433. The Bertz CT molecular complexity index is 761. The van der Waals surface area contributed by atoms with Crippen molar-refractivity contribution in [1.29, 1.82) is 0 Å². The molecule has 0 saturated carbocycles. The summed E-state index contributed by atoms with van der Waals surface area (Å²) in [5.74, 6) is 0.0433. The minimum absolute atomic E-state index is 0.0433. The van der Waals surface area contributed by atoms with Crippen LogP contribution in [0.1, 0.15) is 0 Å². The van der Waals surface area contributed by atoms with Crippen LogP contribution in [0.3, 0.4) is 0 Å². The fourth-order valence-corrected chi connectivity index (χ4v) is 3.34. The molecule has 1 saturated heterocycles. The van der Waals surface area contributed by atoms with E-state index in [0.717, 1.165) is 23.8 Å². The van der Waals surface area contributed by atoms with Crippen LogP contribution in [-0.2, 0) is 4.79 Å². The number of nitrogens with zero attached hydrogens (tertiary/aromatic N) is 2. The molecule has 1 aliphatic heterocycles. The van der Waals surface area contributed by atoms with Crippen LogP contribution in [0, 0.1) is 0 Å². The van der Waals surface area contributed by atoms with Gasteiger partial charge >= 0.3 is 0 Å². The summed E-state index contributed by atoms with van der Waals surface area (Å²) in [5, 5.41) is 4.91. The zero-order chi connectivity index (χ0) is 17.8. The summed E-state index contributed by atoms with van der Waals surface area (Å²) in [6.07, 6.45) is 0. The van der Waals surface area contributed by atoms with Crippen molar-refractivity contribution in [2.24, 2.45) is 0 Å². The molecule has 2 aromatic carbocycles. The maximum absolute atomic E-state index is 12.4. The number of nitrogens with one attached hydrogen (secondary N) is 1. The zero-order valence-electron chi connectivity index (χ0n) is 13.5. The second kappa shape index (κ2) is 8.17. The van der Waals surface area contributed by atoms with Crippen molar-refractivity contribution >= 4 is 52.1 Å². The molecule has 0 aromatic heterocycles. The fraction of sp³-hybridized carbons (Fsp3) is 0.278. The van der Waals surface area contributed by atoms with E-state index in [2.05, 4.69) is 10.2 Å². The van der Waals surface area contributed by atoms with Crippen LogP contribution in [-0.4, -0.2) is 43.5 Å². The average Bonchev–Trinajstić information content (AvgIpc) is 2.62. The summed E-state index contributed by atoms with van der Waals surface area (Å²) in [4.78, 5) is 16.5. The number of amides is 1. The van der Waals surface area contributed by atoms with Gasteiger partial charge in [0.05, 0.1) is 17.3 Å². The second-order valence-electron chi connectivity index (χ2n) is 5.83.